The molecule has 0 saturated carbocycles. The summed E-state index contributed by atoms with van der Waals surface area (Å²) in [7, 11) is -2.33. The van der Waals surface area contributed by atoms with Crippen LogP contribution in [0.4, 0.5) is 11.4 Å². The third-order valence-electron chi connectivity index (χ3n) is 3.37. The highest BCUT2D eigenvalue weighted by molar-refractivity contribution is 7.92. The quantitative estimate of drug-likeness (QED) is 0.669. The number of hydrogen-bond acceptors (Lipinski definition) is 7. The van der Waals surface area contributed by atoms with Crippen molar-refractivity contribution < 1.29 is 32.3 Å². The summed E-state index contributed by atoms with van der Waals surface area (Å²) in [6.45, 7) is -0.579. The predicted molar refractivity (Wildman–Crippen MR) is 102 cm³/mol. The smallest absolute Gasteiger partial charge is 0.340 e. The molecule has 0 atom stereocenters. The van der Waals surface area contributed by atoms with Gasteiger partial charge in [0.2, 0.25) is 10.0 Å². The Morgan fingerprint density at radius 2 is 1.61 bits per heavy atom. The molecule has 0 saturated heterocycles. The summed E-state index contributed by atoms with van der Waals surface area (Å²) in [4.78, 5) is 35.5. The van der Waals surface area contributed by atoms with Crippen molar-refractivity contribution in [2.75, 3.05) is 30.0 Å². The zero-order valence-corrected chi connectivity index (χ0v) is 15.9. The number of rotatable bonds is 7. The van der Waals surface area contributed by atoms with Gasteiger partial charge in [0.05, 0.1) is 30.2 Å². The molecule has 10 heteroatoms. The fraction of sp³-hybridized carbons (Fsp3) is 0.167. The van der Waals surface area contributed by atoms with E-state index in [-0.39, 0.29) is 11.3 Å². The normalized spacial score (nSPS) is 10.6. The maximum absolute atomic E-state index is 12.2. The number of amides is 1. The molecule has 0 bridgehead atoms. The van der Waals surface area contributed by atoms with Crippen LogP contribution in [-0.2, 0) is 24.3 Å². The highest BCUT2D eigenvalue weighted by Gasteiger charge is 2.16. The van der Waals surface area contributed by atoms with Crippen LogP contribution < -0.4 is 10.0 Å². The lowest BCUT2D eigenvalue weighted by molar-refractivity contribution is -0.119. The second-order valence-electron chi connectivity index (χ2n) is 5.61. The van der Waals surface area contributed by atoms with Crippen molar-refractivity contribution >= 4 is 39.2 Å². The number of anilines is 2. The summed E-state index contributed by atoms with van der Waals surface area (Å²) in [5.41, 5.74) is 0.742. The lowest BCUT2D eigenvalue weighted by atomic mass is 10.2. The van der Waals surface area contributed by atoms with E-state index in [1.807, 2.05) is 0 Å². The minimum absolute atomic E-state index is 0.0249. The minimum atomic E-state index is -3.59. The van der Waals surface area contributed by atoms with Gasteiger partial charge in [0, 0.05) is 5.69 Å². The van der Waals surface area contributed by atoms with Gasteiger partial charge in [-0.15, -0.1) is 0 Å². The second-order valence-corrected chi connectivity index (χ2v) is 7.36. The van der Waals surface area contributed by atoms with Crippen LogP contribution in [0.15, 0.2) is 48.5 Å². The van der Waals surface area contributed by atoms with Crippen molar-refractivity contribution in [1.82, 2.24) is 0 Å². The standard InChI is InChI=1S/C18H18N2O7S/c1-26-17(22)12-7-9-13(10-8-12)19-16(21)11-27-18(23)14-5-3-4-6-15(14)20-28(2,24)25/h3-10,20H,11H2,1-2H3,(H,19,21). The van der Waals surface area contributed by atoms with E-state index in [9.17, 15) is 22.8 Å². The van der Waals surface area contributed by atoms with Gasteiger partial charge in [0.15, 0.2) is 6.61 Å². The number of carbonyl (C=O) groups is 3. The highest BCUT2D eigenvalue weighted by Crippen LogP contribution is 2.17. The van der Waals surface area contributed by atoms with Crippen molar-refractivity contribution in [2.45, 2.75) is 0 Å². The van der Waals surface area contributed by atoms with Crippen molar-refractivity contribution in [1.29, 1.82) is 0 Å². The molecule has 28 heavy (non-hydrogen) atoms. The number of benzene rings is 2. The highest BCUT2D eigenvalue weighted by atomic mass is 32.2. The first kappa shape index (κ1) is 20.9. The van der Waals surface area contributed by atoms with Crippen molar-refractivity contribution in [2.24, 2.45) is 0 Å². The topological polar surface area (TPSA) is 128 Å². The van der Waals surface area contributed by atoms with Crippen molar-refractivity contribution in [3.63, 3.8) is 0 Å². The molecule has 0 spiro atoms. The molecule has 0 unspecified atom stereocenters. The Labute approximate surface area is 161 Å². The molecule has 0 heterocycles. The molecule has 2 rings (SSSR count). The van der Waals surface area contributed by atoms with E-state index in [2.05, 4.69) is 14.8 Å². The summed E-state index contributed by atoms with van der Waals surface area (Å²) in [6.07, 6.45) is 0.952. The lowest BCUT2D eigenvalue weighted by Gasteiger charge is -2.11. The molecule has 2 aromatic carbocycles. The van der Waals surface area contributed by atoms with E-state index in [1.54, 1.807) is 6.07 Å². The largest absolute Gasteiger partial charge is 0.465 e. The number of hydrogen-bond donors (Lipinski definition) is 2. The number of nitrogens with one attached hydrogen (secondary N) is 2. The van der Waals surface area contributed by atoms with Gasteiger partial charge >= 0.3 is 11.9 Å². The summed E-state index contributed by atoms with van der Waals surface area (Å²) < 4.78 is 34.5. The molecule has 0 aliphatic heterocycles. The molecule has 2 N–H and O–H groups in total. The Kier molecular flexibility index (Phi) is 6.72. The Morgan fingerprint density at radius 3 is 2.21 bits per heavy atom. The van der Waals surface area contributed by atoms with Gasteiger partial charge in [-0.1, -0.05) is 12.1 Å². The lowest BCUT2D eigenvalue weighted by Crippen LogP contribution is -2.22. The molecule has 148 valence electrons. The van der Waals surface area contributed by atoms with E-state index in [1.165, 1.54) is 49.6 Å². The van der Waals surface area contributed by atoms with E-state index in [0.717, 1.165) is 6.26 Å². The zero-order chi connectivity index (χ0) is 20.7. The van der Waals surface area contributed by atoms with Gasteiger partial charge in [-0.2, -0.15) is 0 Å². The molecule has 0 aliphatic rings. The minimum Gasteiger partial charge on any atom is -0.465 e. The average molecular weight is 406 g/mol. The van der Waals surface area contributed by atoms with Gasteiger partial charge in [-0.3, -0.25) is 9.52 Å². The molecule has 9 nitrogen and oxygen atoms in total. The number of carbonyl (C=O) groups excluding carboxylic acids is 3. The summed E-state index contributed by atoms with van der Waals surface area (Å²) in [5.74, 6) is -1.97. The first-order valence-corrected chi connectivity index (χ1v) is 9.81. The molecular formula is C18H18N2O7S. The van der Waals surface area contributed by atoms with Crippen LogP contribution in [0.5, 0.6) is 0 Å². The number of sulfonamides is 1. The fourth-order valence-electron chi connectivity index (χ4n) is 2.16. The van der Waals surface area contributed by atoms with Gasteiger partial charge < -0.3 is 14.8 Å². The Hall–Kier alpha value is -3.40. The van der Waals surface area contributed by atoms with Crippen LogP contribution in [0.1, 0.15) is 20.7 Å². The SMILES string of the molecule is COC(=O)c1ccc(NC(=O)COC(=O)c2ccccc2NS(C)(=O)=O)cc1. The summed E-state index contributed by atoms with van der Waals surface area (Å²) in [5, 5.41) is 2.51. The van der Waals surface area contributed by atoms with Crippen LogP contribution in [0.25, 0.3) is 0 Å². The molecule has 0 fully saturated rings. The molecule has 2 aromatic rings. The first-order chi connectivity index (χ1) is 13.2. The average Bonchev–Trinajstić information content (AvgIpc) is 2.65. The number of para-hydroxylation sites is 1. The third kappa shape index (κ3) is 6.09. The van der Waals surface area contributed by atoms with Crippen LogP contribution in [0.3, 0.4) is 0 Å². The van der Waals surface area contributed by atoms with E-state index < -0.39 is 34.5 Å². The first-order valence-electron chi connectivity index (χ1n) is 7.92. The monoisotopic (exact) mass is 406 g/mol. The maximum atomic E-state index is 12.2. The van der Waals surface area contributed by atoms with Crippen molar-refractivity contribution in [3.8, 4) is 0 Å². The van der Waals surface area contributed by atoms with Crippen LogP contribution in [0, 0.1) is 0 Å². The molecule has 1 amide bonds. The number of esters is 2. The number of methoxy groups -OCH3 is 1. The van der Waals surface area contributed by atoms with Gasteiger partial charge in [0.1, 0.15) is 0 Å². The predicted octanol–water partition coefficient (Wildman–Crippen LogP) is 1.64. The van der Waals surface area contributed by atoms with Gasteiger partial charge in [-0.25, -0.2) is 18.0 Å². The Bertz CT molecular complexity index is 985. The van der Waals surface area contributed by atoms with Crippen molar-refractivity contribution in [3.05, 3.63) is 59.7 Å². The molecule has 0 aliphatic carbocycles. The number of ether oxygens (including phenoxy) is 2. The van der Waals surface area contributed by atoms with Crippen LogP contribution in [0.2, 0.25) is 0 Å². The molecule has 0 radical (unpaired) electrons. The summed E-state index contributed by atoms with van der Waals surface area (Å²) >= 11 is 0. The Balaban J connectivity index is 1.96. The molecular weight excluding hydrogens is 388 g/mol. The second kappa shape index (κ2) is 9.00. The molecule has 0 aromatic heterocycles. The van der Waals surface area contributed by atoms with Gasteiger partial charge in [-0.05, 0) is 36.4 Å². The van der Waals surface area contributed by atoms with Crippen LogP contribution >= 0.6 is 0 Å². The fourth-order valence-corrected chi connectivity index (χ4v) is 2.74. The van der Waals surface area contributed by atoms with E-state index in [4.69, 9.17) is 4.74 Å². The summed E-state index contributed by atoms with van der Waals surface area (Å²) in [6, 6.07) is 11.8. The van der Waals surface area contributed by atoms with Gasteiger partial charge in [0.25, 0.3) is 5.91 Å². The van der Waals surface area contributed by atoms with E-state index >= 15 is 0 Å². The third-order valence-corrected chi connectivity index (χ3v) is 3.96. The van der Waals surface area contributed by atoms with Crippen LogP contribution in [-0.4, -0.2) is 46.2 Å². The zero-order valence-electron chi connectivity index (χ0n) is 15.1. The Morgan fingerprint density at radius 1 is 0.964 bits per heavy atom. The maximum Gasteiger partial charge on any atom is 0.340 e. The van der Waals surface area contributed by atoms with E-state index in [0.29, 0.717) is 11.3 Å².